The molecule has 1 aliphatic heterocycles. The van der Waals surface area contributed by atoms with Gasteiger partial charge in [-0.2, -0.15) is 0 Å². The van der Waals surface area contributed by atoms with Crippen LogP contribution in [0.5, 0.6) is 11.5 Å². The van der Waals surface area contributed by atoms with Crippen LogP contribution < -0.4 is 19.7 Å². The highest BCUT2D eigenvalue weighted by atomic mass is 32.2. The van der Waals surface area contributed by atoms with Gasteiger partial charge in [-0.25, -0.2) is 4.79 Å². The Morgan fingerprint density at radius 1 is 1.00 bits per heavy atom. The monoisotopic (exact) mass is 580 g/mol. The molecule has 0 saturated heterocycles. The van der Waals surface area contributed by atoms with Crippen molar-refractivity contribution >= 4 is 40.7 Å². The van der Waals surface area contributed by atoms with Crippen LogP contribution in [0.15, 0.2) is 52.3 Å². The number of carbonyl (C=O) groups is 2. The zero-order valence-electron chi connectivity index (χ0n) is 22.4. The van der Waals surface area contributed by atoms with E-state index in [1.165, 1.54) is 30.6 Å². The predicted octanol–water partition coefficient (Wildman–Crippen LogP) is 5.68. The molecule has 3 aliphatic rings. The largest absolute Gasteiger partial charge is 0.490 e. The molecular formula is C30H32N2O6S2. The number of rotatable bonds is 9. The smallest absolute Gasteiger partial charge is 0.338 e. The first-order chi connectivity index (χ1) is 19.4. The van der Waals surface area contributed by atoms with Gasteiger partial charge in [-0.05, 0) is 92.8 Å². The van der Waals surface area contributed by atoms with Crippen LogP contribution in [0.3, 0.4) is 0 Å². The fourth-order valence-electron chi connectivity index (χ4n) is 6.57. The molecule has 4 unspecified atom stereocenters. The lowest BCUT2D eigenvalue weighted by Gasteiger charge is -2.40. The van der Waals surface area contributed by atoms with Crippen LogP contribution in [0.4, 0.5) is 5.69 Å². The number of ether oxygens (including phenoxy) is 3. The van der Waals surface area contributed by atoms with Crippen molar-refractivity contribution in [3.8, 4) is 11.5 Å². The molecule has 1 amide bonds. The Labute approximate surface area is 240 Å². The van der Waals surface area contributed by atoms with Crippen LogP contribution in [0.25, 0.3) is 0 Å². The summed E-state index contributed by atoms with van der Waals surface area (Å²) in [5, 5.41) is 4.35. The van der Waals surface area contributed by atoms with Gasteiger partial charge >= 0.3 is 10.8 Å². The van der Waals surface area contributed by atoms with Gasteiger partial charge < -0.3 is 24.5 Å². The van der Waals surface area contributed by atoms with Crippen LogP contribution in [0, 0.1) is 17.8 Å². The van der Waals surface area contributed by atoms with Gasteiger partial charge in [0.2, 0.25) is 0 Å². The molecule has 1 aromatic heterocycles. The quantitative estimate of drug-likeness (QED) is 0.314. The van der Waals surface area contributed by atoms with Crippen molar-refractivity contribution in [2.45, 2.75) is 49.3 Å². The molecule has 40 heavy (non-hydrogen) atoms. The van der Waals surface area contributed by atoms with E-state index in [-0.39, 0.29) is 23.3 Å². The van der Waals surface area contributed by atoms with Gasteiger partial charge in [0, 0.05) is 21.7 Å². The van der Waals surface area contributed by atoms with Crippen molar-refractivity contribution in [3.63, 3.8) is 0 Å². The van der Waals surface area contributed by atoms with Crippen molar-refractivity contribution < 1.29 is 23.8 Å². The zero-order chi connectivity index (χ0) is 27.8. The SMILES string of the molecule is CCOC(=O)c1ccc(NC(=O)COc2ccc([C@H]3c4sc(=O)[nH]c4SC4C5CCC(C5)C43)cc2OCC)cc1. The van der Waals surface area contributed by atoms with E-state index in [2.05, 4.69) is 16.4 Å². The number of nitrogens with one attached hydrogen (secondary N) is 2. The van der Waals surface area contributed by atoms with E-state index in [9.17, 15) is 14.4 Å². The average molecular weight is 581 g/mol. The summed E-state index contributed by atoms with van der Waals surface area (Å²) in [6.45, 7) is 4.23. The topological polar surface area (TPSA) is 107 Å². The van der Waals surface area contributed by atoms with Gasteiger partial charge in [0.25, 0.3) is 5.91 Å². The summed E-state index contributed by atoms with van der Waals surface area (Å²) in [6, 6.07) is 12.5. The normalized spacial score (nSPS) is 24.2. The second kappa shape index (κ2) is 11.3. The average Bonchev–Trinajstić information content (AvgIpc) is 3.66. The summed E-state index contributed by atoms with van der Waals surface area (Å²) in [6.07, 6.45) is 3.82. The Balaban J connectivity index is 1.18. The highest BCUT2D eigenvalue weighted by Crippen LogP contribution is 2.63. The Hall–Kier alpha value is -3.24. The van der Waals surface area contributed by atoms with Crippen LogP contribution in [0.2, 0.25) is 0 Å². The summed E-state index contributed by atoms with van der Waals surface area (Å²) >= 11 is 3.21. The van der Waals surface area contributed by atoms with E-state index >= 15 is 0 Å². The second-order valence-electron chi connectivity index (χ2n) is 10.5. The van der Waals surface area contributed by atoms with Gasteiger partial charge in [0.15, 0.2) is 18.1 Å². The Kier molecular flexibility index (Phi) is 7.63. The Morgan fingerprint density at radius 3 is 2.58 bits per heavy atom. The van der Waals surface area contributed by atoms with E-state index in [1.807, 2.05) is 30.8 Å². The maximum atomic E-state index is 12.6. The second-order valence-corrected chi connectivity index (χ2v) is 12.7. The summed E-state index contributed by atoms with van der Waals surface area (Å²) in [7, 11) is 0. The molecule has 0 spiro atoms. The number of thioether (sulfide) groups is 1. The number of carbonyl (C=O) groups excluding carboxylic acids is 2. The van der Waals surface area contributed by atoms with Crippen LogP contribution >= 0.6 is 23.1 Å². The lowest BCUT2D eigenvalue weighted by atomic mass is 9.75. The summed E-state index contributed by atoms with van der Waals surface area (Å²) < 4.78 is 16.9. The molecule has 0 radical (unpaired) electrons. The molecule has 210 valence electrons. The number of thiazole rings is 1. The first-order valence-electron chi connectivity index (χ1n) is 13.8. The van der Waals surface area contributed by atoms with Crippen molar-refractivity contribution in [3.05, 3.63) is 68.1 Å². The molecule has 6 rings (SSSR count). The van der Waals surface area contributed by atoms with E-state index in [4.69, 9.17) is 14.2 Å². The molecule has 2 N–H and O–H groups in total. The number of esters is 1. The molecule has 2 aliphatic carbocycles. The van der Waals surface area contributed by atoms with Gasteiger partial charge in [-0.3, -0.25) is 9.59 Å². The molecule has 10 heteroatoms. The molecule has 2 heterocycles. The molecule has 5 atom stereocenters. The number of hydrogen-bond acceptors (Lipinski definition) is 8. The molecule has 2 aromatic carbocycles. The first kappa shape index (κ1) is 27.0. The number of fused-ring (bicyclic) bond motifs is 6. The summed E-state index contributed by atoms with van der Waals surface area (Å²) in [5.74, 6) is 2.41. The molecule has 2 saturated carbocycles. The lowest BCUT2D eigenvalue weighted by molar-refractivity contribution is -0.118. The van der Waals surface area contributed by atoms with E-state index in [0.29, 0.717) is 59.0 Å². The van der Waals surface area contributed by atoms with Crippen molar-refractivity contribution in [2.75, 3.05) is 25.1 Å². The van der Waals surface area contributed by atoms with E-state index in [1.54, 1.807) is 31.2 Å². The standard InChI is InChI=1S/C30H32N2O6S2/c1-3-36-22-14-18(25-24-17-5-6-19(13-17)26(24)39-28-27(25)40-30(35)32-28)9-12-21(22)38-15-23(33)31-20-10-7-16(8-11-20)29(34)37-4-2/h7-12,14,17,19,24-26H,3-6,13,15H2,1-2H3,(H,31,33)(H,32,35)/t17?,19?,24?,25-,26?/m1/s1. The predicted molar refractivity (Wildman–Crippen MR) is 155 cm³/mol. The van der Waals surface area contributed by atoms with Gasteiger partial charge in [-0.15, -0.1) is 11.8 Å². The third kappa shape index (κ3) is 5.14. The third-order valence-corrected chi connectivity index (χ3v) is 10.8. The lowest BCUT2D eigenvalue weighted by Crippen LogP contribution is -2.33. The van der Waals surface area contributed by atoms with E-state index in [0.717, 1.165) is 15.5 Å². The minimum Gasteiger partial charge on any atom is -0.490 e. The van der Waals surface area contributed by atoms with Crippen molar-refractivity contribution in [2.24, 2.45) is 17.8 Å². The Morgan fingerprint density at radius 2 is 1.80 bits per heavy atom. The first-order valence-corrected chi connectivity index (χ1v) is 15.5. The van der Waals surface area contributed by atoms with Gasteiger partial charge in [-0.1, -0.05) is 17.4 Å². The number of benzene rings is 2. The minimum absolute atomic E-state index is 0.00125. The number of anilines is 1. The fourth-order valence-corrected chi connectivity index (χ4v) is 9.47. The number of H-pyrrole nitrogens is 1. The summed E-state index contributed by atoms with van der Waals surface area (Å²) in [5.41, 5.74) is 2.10. The maximum absolute atomic E-state index is 12.6. The van der Waals surface area contributed by atoms with Crippen LogP contribution in [-0.4, -0.2) is 41.9 Å². The fraction of sp³-hybridized carbons (Fsp3) is 0.433. The number of aromatic amines is 1. The number of amides is 1. The minimum atomic E-state index is -0.402. The number of hydrogen-bond donors (Lipinski definition) is 2. The van der Waals surface area contributed by atoms with Crippen LogP contribution in [-0.2, 0) is 9.53 Å². The zero-order valence-corrected chi connectivity index (χ0v) is 24.1. The third-order valence-electron chi connectivity index (χ3n) is 8.13. The number of aromatic nitrogens is 1. The summed E-state index contributed by atoms with van der Waals surface area (Å²) in [4.78, 5) is 41.0. The highest BCUT2D eigenvalue weighted by molar-refractivity contribution is 8.00. The van der Waals surface area contributed by atoms with E-state index < -0.39 is 5.97 Å². The molecular weight excluding hydrogens is 548 g/mol. The van der Waals surface area contributed by atoms with Crippen molar-refractivity contribution in [1.29, 1.82) is 0 Å². The molecule has 2 fully saturated rings. The van der Waals surface area contributed by atoms with Gasteiger partial charge in [0.1, 0.15) is 0 Å². The molecule has 3 aromatic rings. The van der Waals surface area contributed by atoms with Crippen molar-refractivity contribution in [1.82, 2.24) is 4.98 Å². The highest BCUT2D eigenvalue weighted by Gasteiger charge is 2.54. The maximum Gasteiger partial charge on any atom is 0.338 e. The Bertz CT molecular complexity index is 1470. The van der Waals surface area contributed by atoms with Gasteiger partial charge in [0.05, 0.1) is 23.8 Å². The molecule has 2 bridgehead atoms. The molecule has 8 nitrogen and oxygen atoms in total. The van der Waals surface area contributed by atoms with Crippen LogP contribution in [0.1, 0.15) is 59.8 Å².